The van der Waals surface area contributed by atoms with Crippen molar-refractivity contribution in [3.05, 3.63) is 235 Å². The van der Waals surface area contributed by atoms with Gasteiger partial charge in [0.1, 0.15) is 5.84 Å². The molecule has 0 amide bonds. The van der Waals surface area contributed by atoms with Gasteiger partial charge in [0.05, 0.1) is 33.8 Å². The van der Waals surface area contributed by atoms with Crippen LogP contribution in [0.3, 0.4) is 0 Å². The number of nitrogens with zero attached hydrogens (tertiary/aromatic N) is 3. The molecule has 1 aliphatic heterocycles. The number of rotatable bonds is 5. The molecule has 0 saturated carbocycles. The molecule has 0 radical (unpaired) electrons. The number of fused-ring (bicyclic) bond motifs is 10. The third-order valence-electron chi connectivity index (χ3n) is 12.9. The molecule has 0 bridgehead atoms. The second kappa shape index (κ2) is 13.7. The largest absolute Gasteiger partial charge is 0.359 e. The zero-order chi connectivity index (χ0) is 40.7. The van der Waals surface area contributed by atoms with Crippen LogP contribution in [0.2, 0.25) is 0 Å². The first-order valence-corrected chi connectivity index (χ1v) is 21.3. The quantitative estimate of drug-likeness (QED) is 0.185. The van der Waals surface area contributed by atoms with Gasteiger partial charge in [-0.25, -0.2) is 4.99 Å². The molecule has 0 aliphatic carbocycles. The second-order valence-electron chi connectivity index (χ2n) is 16.4. The summed E-state index contributed by atoms with van der Waals surface area (Å²) in [5.74, 6) is 0.874. The van der Waals surface area contributed by atoms with Gasteiger partial charge in [-0.15, -0.1) is 0 Å². The highest BCUT2D eigenvalue weighted by Crippen LogP contribution is 2.42. The van der Waals surface area contributed by atoms with Crippen LogP contribution in [0.15, 0.2) is 223 Å². The molecular weight excluding hydrogens is 753 g/mol. The van der Waals surface area contributed by atoms with Gasteiger partial charge in [0, 0.05) is 44.0 Å². The van der Waals surface area contributed by atoms with Crippen LogP contribution in [0, 0.1) is 0 Å². The Morgan fingerprint density at radius 3 is 1.79 bits per heavy atom. The van der Waals surface area contributed by atoms with Crippen LogP contribution in [-0.2, 0) is 0 Å². The fraction of sp³-hybridized carbons (Fsp3) is 0.0172. The summed E-state index contributed by atoms with van der Waals surface area (Å²) in [6.07, 6.45) is 0. The molecule has 1 aliphatic rings. The first-order chi connectivity index (χ1) is 30.7. The Morgan fingerprint density at radius 1 is 0.355 bits per heavy atom. The summed E-state index contributed by atoms with van der Waals surface area (Å²) in [4.78, 5) is 5.29. The van der Waals surface area contributed by atoms with Crippen molar-refractivity contribution in [3.8, 4) is 22.5 Å². The van der Waals surface area contributed by atoms with Gasteiger partial charge in [-0.3, -0.25) is 0 Å². The van der Waals surface area contributed by atoms with Crippen LogP contribution in [0.25, 0.3) is 87.7 Å². The minimum atomic E-state index is -0.136. The molecule has 0 saturated heterocycles. The lowest BCUT2D eigenvalue weighted by atomic mass is 9.90. The molecule has 10 aromatic carbocycles. The lowest BCUT2D eigenvalue weighted by molar-refractivity contribution is 0.755. The normalized spacial score (nSPS) is 13.9. The predicted molar refractivity (Wildman–Crippen MR) is 260 cm³/mol. The molecule has 290 valence electrons. The zero-order valence-corrected chi connectivity index (χ0v) is 33.7. The summed E-state index contributed by atoms with van der Waals surface area (Å²) >= 11 is 0. The van der Waals surface area contributed by atoms with Gasteiger partial charge >= 0.3 is 0 Å². The van der Waals surface area contributed by atoms with Gasteiger partial charge in [-0.2, -0.15) is 0 Å². The van der Waals surface area contributed by atoms with Gasteiger partial charge in [0.15, 0.2) is 0 Å². The molecule has 0 fully saturated rings. The van der Waals surface area contributed by atoms with Crippen LogP contribution in [0.1, 0.15) is 22.7 Å². The summed E-state index contributed by atoms with van der Waals surface area (Å²) in [6.45, 7) is 0. The Labute approximate surface area is 358 Å². The molecule has 13 rings (SSSR count). The Morgan fingerprint density at radius 2 is 0.952 bits per heavy atom. The highest BCUT2D eigenvalue weighted by molar-refractivity contribution is 6.13. The SMILES string of the molecule is c1ccc(-n2c3ccccc3c3cc(-c4ccc5c6ccccc6n(-c6cccc(C7NC(c8ccc9ccccc9c8)=Nc8ccc9ccccc9c87)c6)c5c4)ccc32)cc1. The van der Waals surface area contributed by atoms with E-state index in [-0.39, 0.29) is 6.04 Å². The van der Waals surface area contributed by atoms with Crippen molar-refractivity contribution in [2.75, 3.05) is 0 Å². The number of hydrogen-bond acceptors (Lipinski definition) is 2. The summed E-state index contributed by atoms with van der Waals surface area (Å²) < 4.78 is 4.82. The summed E-state index contributed by atoms with van der Waals surface area (Å²) in [7, 11) is 0. The molecule has 1 unspecified atom stereocenters. The molecule has 1 atom stereocenters. The van der Waals surface area contributed by atoms with E-state index >= 15 is 0 Å². The highest BCUT2D eigenvalue weighted by atomic mass is 15.1. The molecule has 4 heteroatoms. The minimum Gasteiger partial charge on any atom is -0.359 e. The predicted octanol–water partition coefficient (Wildman–Crippen LogP) is 14.6. The number of hydrogen-bond donors (Lipinski definition) is 1. The summed E-state index contributed by atoms with van der Waals surface area (Å²) in [5, 5.41) is 13.7. The summed E-state index contributed by atoms with van der Waals surface area (Å²) in [5.41, 5.74) is 13.8. The highest BCUT2D eigenvalue weighted by Gasteiger charge is 2.27. The van der Waals surface area contributed by atoms with E-state index in [1.807, 2.05) is 0 Å². The molecule has 0 spiro atoms. The molecule has 4 nitrogen and oxygen atoms in total. The number of aliphatic imine (C=N–C) groups is 1. The van der Waals surface area contributed by atoms with Gasteiger partial charge in [-0.05, 0) is 105 Å². The Kier molecular flexibility index (Phi) is 7.63. The van der Waals surface area contributed by atoms with E-state index in [0.717, 1.165) is 28.5 Å². The monoisotopic (exact) mass is 790 g/mol. The lowest BCUT2D eigenvalue weighted by Crippen LogP contribution is -2.33. The fourth-order valence-electron chi connectivity index (χ4n) is 10.1. The molecule has 3 heterocycles. The first-order valence-electron chi connectivity index (χ1n) is 21.3. The number of benzene rings is 10. The van der Waals surface area contributed by atoms with Crippen molar-refractivity contribution in [3.63, 3.8) is 0 Å². The fourth-order valence-corrected chi connectivity index (χ4v) is 10.1. The van der Waals surface area contributed by atoms with E-state index in [4.69, 9.17) is 4.99 Å². The van der Waals surface area contributed by atoms with Crippen molar-refractivity contribution in [2.24, 2.45) is 4.99 Å². The Hall–Kier alpha value is -8.21. The Balaban J connectivity index is 0.969. The van der Waals surface area contributed by atoms with Crippen LogP contribution in [0.5, 0.6) is 0 Å². The standard InChI is InChI=1S/C58H38N4/c1-2-17-44(18-3-1)61-53-24-11-9-22-48(53)50-35-40(29-32-54(50)61)41-27-30-49-47-21-8-10-23-52(47)62(55(49)36-41)45-19-12-16-42(34-45)57-56-46-20-7-6-14-38(46)28-31-51(56)59-58(60-57)43-26-25-37-13-4-5-15-39(37)33-43/h1-36,57H,(H,59,60). The van der Waals surface area contributed by atoms with Crippen molar-refractivity contribution < 1.29 is 0 Å². The lowest BCUT2D eigenvalue weighted by Gasteiger charge is -2.29. The molecule has 2 aromatic heterocycles. The van der Waals surface area contributed by atoms with Crippen LogP contribution >= 0.6 is 0 Å². The maximum atomic E-state index is 5.29. The second-order valence-corrected chi connectivity index (χ2v) is 16.4. The molecular formula is C58H38N4. The Bertz CT molecular complexity index is 3790. The van der Waals surface area contributed by atoms with Crippen molar-refractivity contribution >= 4 is 76.7 Å². The van der Waals surface area contributed by atoms with Gasteiger partial charge in [0.25, 0.3) is 0 Å². The van der Waals surface area contributed by atoms with E-state index in [1.165, 1.54) is 87.4 Å². The average Bonchev–Trinajstić information content (AvgIpc) is 3.86. The number of nitrogens with one attached hydrogen (secondary N) is 1. The van der Waals surface area contributed by atoms with Crippen molar-refractivity contribution in [1.82, 2.24) is 14.5 Å². The van der Waals surface area contributed by atoms with Crippen LogP contribution in [-0.4, -0.2) is 15.0 Å². The van der Waals surface area contributed by atoms with Crippen molar-refractivity contribution in [1.29, 1.82) is 0 Å². The van der Waals surface area contributed by atoms with Gasteiger partial charge < -0.3 is 14.5 Å². The van der Waals surface area contributed by atoms with E-state index in [0.29, 0.717) is 0 Å². The molecule has 12 aromatic rings. The van der Waals surface area contributed by atoms with E-state index in [9.17, 15) is 0 Å². The smallest absolute Gasteiger partial charge is 0.134 e. The zero-order valence-electron chi connectivity index (χ0n) is 33.7. The van der Waals surface area contributed by atoms with Crippen molar-refractivity contribution in [2.45, 2.75) is 6.04 Å². The maximum Gasteiger partial charge on any atom is 0.134 e. The average molecular weight is 791 g/mol. The first kappa shape index (κ1) is 34.6. The van der Waals surface area contributed by atoms with Gasteiger partial charge in [-0.1, -0.05) is 152 Å². The number of aromatic nitrogens is 2. The third-order valence-corrected chi connectivity index (χ3v) is 12.9. The summed E-state index contributed by atoms with van der Waals surface area (Å²) in [6, 6.07) is 79.3. The number of para-hydroxylation sites is 3. The number of amidine groups is 1. The molecule has 62 heavy (non-hydrogen) atoms. The van der Waals surface area contributed by atoms with E-state index in [2.05, 4.69) is 233 Å². The van der Waals surface area contributed by atoms with E-state index < -0.39 is 0 Å². The van der Waals surface area contributed by atoms with Crippen LogP contribution in [0.4, 0.5) is 5.69 Å². The van der Waals surface area contributed by atoms with E-state index in [1.54, 1.807) is 0 Å². The minimum absolute atomic E-state index is 0.136. The van der Waals surface area contributed by atoms with Crippen LogP contribution < -0.4 is 5.32 Å². The maximum absolute atomic E-state index is 5.29. The topological polar surface area (TPSA) is 34.2 Å². The van der Waals surface area contributed by atoms with Gasteiger partial charge in [0.2, 0.25) is 0 Å². The molecule has 1 N–H and O–H groups in total. The third kappa shape index (κ3) is 5.37.